The van der Waals surface area contributed by atoms with Crippen LogP contribution in [-0.4, -0.2) is 33.5 Å². The van der Waals surface area contributed by atoms with Gasteiger partial charge in [0.1, 0.15) is 0 Å². The molecule has 1 unspecified atom stereocenters. The van der Waals surface area contributed by atoms with E-state index in [2.05, 4.69) is 22.3 Å². The minimum Gasteiger partial charge on any atom is -0.396 e. The van der Waals surface area contributed by atoms with Crippen LogP contribution < -0.4 is 10.9 Å². The van der Waals surface area contributed by atoms with Crippen molar-refractivity contribution in [3.8, 4) is 11.8 Å². The van der Waals surface area contributed by atoms with E-state index in [1.165, 1.54) is 6.07 Å². The molecule has 0 radical (unpaired) electrons. The van der Waals surface area contributed by atoms with Crippen LogP contribution in [0.25, 0.3) is 10.8 Å². The summed E-state index contributed by atoms with van der Waals surface area (Å²) < 4.78 is 4.72. The van der Waals surface area contributed by atoms with E-state index in [0.29, 0.717) is 27.7 Å². The van der Waals surface area contributed by atoms with Gasteiger partial charge in [0, 0.05) is 29.7 Å². The fourth-order valence-electron chi connectivity index (χ4n) is 3.28. The number of amides is 1. The van der Waals surface area contributed by atoms with Gasteiger partial charge in [-0.3, -0.25) is 4.79 Å². The number of nitrogens with zero attached hydrogens (tertiary/aromatic N) is 1. The molecule has 0 saturated carbocycles. The third-order valence-electron chi connectivity index (χ3n) is 5.16. The molecule has 0 fully saturated rings. The summed E-state index contributed by atoms with van der Waals surface area (Å²) in [6.45, 7) is 6.89. The minimum atomic E-state index is -2.06. The maximum atomic E-state index is 13.2. The molecule has 2 aromatic carbocycles. The van der Waals surface area contributed by atoms with E-state index in [0.717, 1.165) is 5.56 Å². The molecule has 1 amide bonds. The zero-order chi connectivity index (χ0) is 23.5. The molecule has 1 aromatic heterocycles. The van der Waals surface area contributed by atoms with Crippen LogP contribution in [0.3, 0.4) is 0 Å². The van der Waals surface area contributed by atoms with Gasteiger partial charge in [-0.2, -0.15) is 0 Å². The predicted molar refractivity (Wildman–Crippen MR) is 122 cm³/mol. The van der Waals surface area contributed by atoms with Crippen molar-refractivity contribution >= 4 is 22.4 Å². The number of fused-ring (bicyclic) bond motifs is 1. The van der Waals surface area contributed by atoms with Gasteiger partial charge in [-0.25, -0.2) is 4.79 Å². The number of carbonyl (C=O) groups is 1. The number of hydrogen-bond donors (Lipinski definition) is 3. The van der Waals surface area contributed by atoms with Crippen LogP contribution in [0.5, 0.6) is 0 Å². The standard InChI is InChI=1S/C25H26N2O5/c1-16-5-7-18(8-6-16)11-12-25(31,14-24(3,4)15-28)23(30)26-19-9-10-20-21(13-19)17(2)27-32-22(20)29/h5-10,13,28,31H,14-15H2,1-4H3,(H,26,30). The molecule has 3 N–H and O–H groups in total. The second-order valence-electron chi connectivity index (χ2n) is 8.75. The Morgan fingerprint density at radius 2 is 1.81 bits per heavy atom. The van der Waals surface area contributed by atoms with Crippen LogP contribution in [0, 0.1) is 31.1 Å². The van der Waals surface area contributed by atoms with Gasteiger partial charge in [0.05, 0.1) is 11.1 Å². The summed E-state index contributed by atoms with van der Waals surface area (Å²) in [5, 5.41) is 28.2. The number of hydrogen-bond acceptors (Lipinski definition) is 6. The van der Waals surface area contributed by atoms with Crippen molar-refractivity contribution in [1.29, 1.82) is 0 Å². The quantitative estimate of drug-likeness (QED) is 0.532. The first-order valence-electron chi connectivity index (χ1n) is 10.2. The topological polar surface area (TPSA) is 113 Å². The lowest BCUT2D eigenvalue weighted by atomic mass is 9.80. The van der Waals surface area contributed by atoms with Crippen molar-refractivity contribution in [1.82, 2.24) is 5.16 Å². The zero-order valence-electron chi connectivity index (χ0n) is 18.5. The van der Waals surface area contributed by atoms with E-state index < -0.39 is 22.5 Å². The highest BCUT2D eigenvalue weighted by Crippen LogP contribution is 2.29. The van der Waals surface area contributed by atoms with Gasteiger partial charge < -0.3 is 20.1 Å². The Labute approximate surface area is 186 Å². The second kappa shape index (κ2) is 8.95. The van der Waals surface area contributed by atoms with Crippen molar-refractivity contribution in [3.63, 3.8) is 0 Å². The first kappa shape index (κ1) is 23.2. The van der Waals surface area contributed by atoms with Crippen molar-refractivity contribution < 1.29 is 19.5 Å². The van der Waals surface area contributed by atoms with Crippen LogP contribution in [0.15, 0.2) is 51.8 Å². The van der Waals surface area contributed by atoms with Crippen LogP contribution in [0.4, 0.5) is 5.69 Å². The number of aliphatic hydroxyl groups excluding tert-OH is 1. The highest BCUT2D eigenvalue weighted by atomic mass is 16.5. The van der Waals surface area contributed by atoms with Crippen molar-refractivity contribution in [3.05, 3.63) is 69.7 Å². The first-order valence-corrected chi connectivity index (χ1v) is 10.2. The molecule has 3 aromatic rings. The third-order valence-corrected chi connectivity index (χ3v) is 5.16. The average Bonchev–Trinajstić information content (AvgIpc) is 2.76. The predicted octanol–water partition coefficient (Wildman–Crippen LogP) is 2.93. The molecule has 0 bridgehead atoms. The van der Waals surface area contributed by atoms with Crippen LogP contribution in [0.1, 0.15) is 37.1 Å². The number of carbonyl (C=O) groups excluding carboxylic acids is 1. The highest BCUT2D eigenvalue weighted by molar-refractivity contribution is 6.01. The normalized spacial score (nSPS) is 13.2. The van der Waals surface area contributed by atoms with Gasteiger partial charge in [-0.05, 0) is 49.6 Å². The summed E-state index contributed by atoms with van der Waals surface area (Å²) in [6.07, 6.45) is -0.0844. The van der Waals surface area contributed by atoms with Gasteiger partial charge >= 0.3 is 5.63 Å². The average molecular weight is 434 g/mol. The summed E-state index contributed by atoms with van der Waals surface area (Å²) in [7, 11) is 0. The van der Waals surface area contributed by atoms with Crippen LogP contribution >= 0.6 is 0 Å². The number of nitrogens with one attached hydrogen (secondary N) is 1. The lowest BCUT2D eigenvalue weighted by Crippen LogP contribution is -2.46. The third kappa shape index (κ3) is 5.22. The van der Waals surface area contributed by atoms with Gasteiger partial charge in [0.15, 0.2) is 0 Å². The fraction of sp³-hybridized carbons (Fsp3) is 0.320. The summed E-state index contributed by atoms with van der Waals surface area (Å²) >= 11 is 0. The molecule has 0 aliphatic heterocycles. The monoisotopic (exact) mass is 434 g/mol. The molecule has 32 heavy (non-hydrogen) atoms. The zero-order valence-corrected chi connectivity index (χ0v) is 18.5. The smallest absolute Gasteiger partial charge is 0.366 e. The molecule has 0 aliphatic carbocycles. The van der Waals surface area contributed by atoms with Crippen molar-refractivity contribution in [2.75, 3.05) is 11.9 Å². The van der Waals surface area contributed by atoms with Crippen LogP contribution in [0.2, 0.25) is 0 Å². The Morgan fingerprint density at radius 1 is 1.12 bits per heavy atom. The van der Waals surface area contributed by atoms with E-state index in [1.54, 1.807) is 32.9 Å². The van der Waals surface area contributed by atoms with E-state index in [9.17, 15) is 19.8 Å². The number of aryl methyl sites for hydroxylation is 2. The van der Waals surface area contributed by atoms with Gasteiger partial charge in [0.25, 0.3) is 5.91 Å². The summed E-state index contributed by atoms with van der Waals surface area (Å²) in [6, 6.07) is 12.1. The number of aromatic nitrogens is 1. The maximum absolute atomic E-state index is 13.2. The molecule has 0 saturated heterocycles. The van der Waals surface area contributed by atoms with Gasteiger partial charge in [-0.1, -0.05) is 48.5 Å². The molecule has 0 spiro atoms. The lowest BCUT2D eigenvalue weighted by molar-refractivity contribution is -0.131. The van der Waals surface area contributed by atoms with Crippen molar-refractivity contribution in [2.45, 2.75) is 39.7 Å². The Hall–Kier alpha value is -3.47. The Kier molecular flexibility index (Phi) is 6.49. The number of rotatable bonds is 5. The number of aliphatic hydroxyl groups is 2. The summed E-state index contributed by atoms with van der Waals surface area (Å²) in [5.74, 6) is 4.84. The van der Waals surface area contributed by atoms with Crippen LogP contribution in [-0.2, 0) is 4.79 Å². The minimum absolute atomic E-state index is 0.0844. The molecular weight excluding hydrogens is 408 g/mol. The Morgan fingerprint density at radius 3 is 2.47 bits per heavy atom. The SMILES string of the molecule is Cc1ccc(C#CC(O)(CC(C)(C)CO)C(=O)Nc2ccc3c(=O)onc(C)c3c2)cc1. The Bertz CT molecular complexity index is 1270. The molecule has 166 valence electrons. The summed E-state index contributed by atoms with van der Waals surface area (Å²) in [5.41, 5.74) is -0.801. The van der Waals surface area contributed by atoms with Crippen molar-refractivity contribution in [2.24, 2.45) is 5.41 Å². The summed E-state index contributed by atoms with van der Waals surface area (Å²) in [4.78, 5) is 25.0. The Balaban J connectivity index is 1.96. The van der Waals surface area contributed by atoms with E-state index in [4.69, 9.17) is 4.52 Å². The largest absolute Gasteiger partial charge is 0.396 e. The molecular formula is C25H26N2O5. The number of benzene rings is 2. The lowest BCUT2D eigenvalue weighted by Gasteiger charge is -2.30. The van der Waals surface area contributed by atoms with E-state index in [-0.39, 0.29) is 13.0 Å². The molecule has 0 aliphatic rings. The first-order chi connectivity index (χ1) is 15.0. The van der Waals surface area contributed by atoms with Gasteiger partial charge in [0.2, 0.25) is 5.60 Å². The molecule has 3 rings (SSSR count). The second-order valence-corrected chi connectivity index (χ2v) is 8.75. The highest BCUT2D eigenvalue weighted by Gasteiger charge is 2.40. The van der Waals surface area contributed by atoms with E-state index >= 15 is 0 Å². The molecule has 1 heterocycles. The van der Waals surface area contributed by atoms with Gasteiger partial charge in [-0.15, -0.1) is 0 Å². The fourth-order valence-corrected chi connectivity index (χ4v) is 3.28. The number of anilines is 1. The molecule has 7 nitrogen and oxygen atoms in total. The molecule has 1 atom stereocenters. The maximum Gasteiger partial charge on any atom is 0.366 e. The molecule has 7 heteroatoms. The van der Waals surface area contributed by atoms with E-state index in [1.807, 2.05) is 31.2 Å².